The van der Waals surface area contributed by atoms with Gasteiger partial charge in [0, 0.05) is 55.4 Å². The molecular formula is C29H38FN5O3. The Bertz CT molecular complexity index is 1190. The third-order valence-electron chi connectivity index (χ3n) is 6.83. The number of rotatable bonds is 7. The number of benzene rings is 2. The van der Waals surface area contributed by atoms with Crippen LogP contribution >= 0.6 is 0 Å². The molecule has 2 aromatic rings. The Morgan fingerprint density at radius 2 is 1.79 bits per heavy atom. The van der Waals surface area contributed by atoms with Crippen LogP contribution in [0, 0.1) is 11.7 Å². The molecule has 0 aromatic heterocycles. The third-order valence-corrected chi connectivity index (χ3v) is 6.83. The summed E-state index contributed by atoms with van der Waals surface area (Å²) in [4.78, 5) is 41.7. The first kappa shape index (κ1) is 27.6. The van der Waals surface area contributed by atoms with E-state index in [1.165, 1.54) is 12.1 Å². The van der Waals surface area contributed by atoms with E-state index >= 15 is 0 Å². The zero-order valence-electron chi connectivity index (χ0n) is 22.6. The molecule has 4 rings (SSSR count). The van der Waals surface area contributed by atoms with Gasteiger partial charge in [-0.1, -0.05) is 12.1 Å². The van der Waals surface area contributed by atoms with Gasteiger partial charge in [0.1, 0.15) is 5.82 Å². The Morgan fingerprint density at radius 3 is 2.45 bits per heavy atom. The molecule has 3 N–H and O–H groups in total. The number of anilines is 1. The maximum atomic E-state index is 14.7. The van der Waals surface area contributed by atoms with E-state index < -0.39 is 11.8 Å². The molecule has 2 aliphatic rings. The highest BCUT2D eigenvalue weighted by Gasteiger charge is 2.28. The Labute approximate surface area is 224 Å². The predicted octanol–water partition coefficient (Wildman–Crippen LogP) is 4.23. The highest BCUT2D eigenvalue weighted by atomic mass is 19.1. The third kappa shape index (κ3) is 7.54. The van der Waals surface area contributed by atoms with Crippen LogP contribution < -0.4 is 16.0 Å². The average Bonchev–Trinajstić information content (AvgIpc) is 3.69. The van der Waals surface area contributed by atoms with Crippen molar-refractivity contribution in [2.75, 3.05) is 31.5 Å². The lowest BCUT2D eigenvalue weighted by atomic mass is 10.0. The summed E-state index contributed by atoms with van der Waals surface area (Å²) in [7, 11) is 0. The van der Waals surface area contributed by atoms with E-state index in [4.69, 9.17) is 0 Å². The molecule has 1 heterocycles. The largest absolute Gasteiger partial charge is 0.347 e. The Kier molecular flexibility index (Phi) is 8.35. The van der Waals surface area contributed by atoms with Crippen LogP contribution in [0.15, 0.2) is 42.5 Å². The lowest BCUT2D eigenvalue weighted by molar-refractivity contribution is 0.0494. The van der Waals surface area contributed by atoms with E-state index in [-0.39, 0.29) is 34.6 Å². The van der Waals surface area contributed by atoms with Crippen molar-refractivity contribution in [2.24, 2.45) is 5.92 Å². The van der Waals surface area contributed by atoms with E-state index in [0.717, 1.165) is 18.4 Å². The quantitative estimate of drug-likeness (QED) is 0.506. The molecule has 1 saturated carbocycles. The molecule has 2 fully saturated rings. The number of nitrogens with one attached hydrogen (secondary N) is 3. The van der Waals surface area contributed by atoms with Crippen molar-refractivity contribution in [3.05, 3.63) is 65.0 Å². The Morgan fingerprint density at radius 1 is 1.03 bits per heavy atom. The van der Waals surface area contributed by atoms with E-state index in [0.29, 0.717) is 44.2 Å². The molecule has 1 saturated heterocycles. The summed E-state index contributed by atoms with van der Waals surface area (Å²) in [5.74, 6) is -0.450. The fourth-order valence-corrected chi connectivity index (χ4v) is 4.53. The van der Waals surface area contributed by atoms with Crippen molar-refractivity contribution in [2.45, 2.75) is 58.7 Å². The number of hydrogen-bond donors (Lipinski definition) is 3. The molecule has 0 unspecified atom stereocenters. The summed E-state index contributed by atoms with van der Waals surface area (Å²) >= 11 is 0. The lowest BCUT2D eigenvalue weighted by Crippen LogP contribution is -2.53. The van der Waals surface area contributed by atoms with Gasteiger partial charge < -0.3 is 20.9 Å². The molecule has 0 radical (unpaired) electrons. The van der Waals surface area contributed by atoms with Gasteiger partial charge in [0.25, 0.3) is 11.8 Å². The Hall–Kier alpha value is -3.46. The maximum Gasteiger partial charge on any atom is 0.319 e. The van der Waals surface area contributed by atoms with Crippen LogP contribution in [0.2, 0.25) is 0 Å². The van der Waals surface area contributed by atoms with E-state index in [2.05, 4.69) is 27.8 Å². The van der Waals surface area contributed by atoms with Crippen LogP contribution in [-0.2, 0) is 6.54 Å². The molecule has 1 atom stereocenters. The van der Waals surface area contributed by atoms with E-state index in [1.54, 1.807) is 11.0 Å². The average molecular weight is 524 g/mol. The number of amides is 4. The van der Waals surface area contributed by atoms with Gasteiger partial charge in [0.2, 0.25) is 0 Å². The number of carbonyl (C=O) groups is 3. The van der Waals surface area contributed by atoms with Crippen molar-refractivity contribution in [3.8, 4) is 0 Å². The van der Waals surface area contributed by atoms with Crippen LogP contribution in [0.25, 0.3) is 0 Å². The van der Waals surface area contributed by atoms with Crippen molar-refractivity contribution in [1.82, 2.24) is 20.4 Å². The van der Waals surface area contributed by atoms with Gasteiger partial charge in [0.05, 0.1) is 5.69 Å². The second-order valence-electron chi connectivity index (χ2n) is 11.4. The molecule has 0 spiro atoms. The number of hydrogen-bond acceptors (Lipinski definition) is 4. The zero-order chi connectivity index (χ0) is 27.4. The fraction of sp³-hybridized carbons (Fsp3) is 0.483. The zero-order valence-corrected chi connectivity index (χ0v) is 22.6. The van der Waals surface area contributed by atoms with Crippen LogP contribution in [0.4, 0.5) is 14.9 Å². The fourth-order valence-electron chi connectivity index (χ4n) is 4.53. The lowest BCUT2D eigenvalue weighted by Gasteiger charge is -2.40. The summed E-state index contributed by atoms with van der Waals surface area (Å²) < 4.78 is 14.7. The molecule has 38 heavy (non-hydrogen) atoms. The minimum absolute atomic E-state index is 0.0476. The van der Waals surface area contributed by atoms with Crippen molar-refractivity contribution < 1.29 is 18.8 Å². The highest BCUT2D eigenvalue weighted by Crippen LogP contribution is 2.27. The smallest absolute Gasteiger partial charge is 0.319 e. The second-order valence-corrected chi connectivity index (χ2v) is 11.4. The number of urea groups is 1. The summed E-state index contributed by atoms with van der Waals surface area (Å²) in [6.07, 6.45) is 2.23. The summed E-state index contributed by atoms with van der Waals surface area (Å²) in [5.41, 5.74) is 1.65. The second kappa shape index (κ2) is 11.5. The highest BCUT2D eigenvalue weighted by molar-refractivity contribution is 5.96. The first-order valence-corrected chi connectivity index (χ1v) is 13.3. The molecule has 4 amide bonds. The standard InChI is InChI=1S/C29H38FN5O3/c1-19-17-35(13-12-34(19)18-21-6-5-7-22(14-21)26(36)33-29(2,3)4)27(37)23-10-11-25(24(30)15-23)32-28(38)31-16-20-8-9-20/h5-7,10-11,14-15,19-20H,8-9,12-13,16-18H2,1-4H3,(H,33,36)(H2,31,32,38)/t19-/m1/s1. The monoisotopic (exact) mass is 523 g/mol. The first-order chi connectivity index (χ1) is 18.0. The predicted molar refractivity (Wildman–Crippen MR) is 146 cm³/mol. The van der Waals surface area contributed by atoms with Gasteiger partial charge in [-0.2, -0.15) is 0 Å². The number of carbonyl (C=O) groups excluding carboxylic acids is 3. The minimum atomic E-state index is -0.639. The van der Waals surface area contributed by atoms with Gasteiger partial charge in [-0.05, 0) is 82.3 Å². The van der Waals surface area contributed by atoms with Crippen LogP contribution in [0.1, 0.15) is 66.8 Å². The molecule has 0 bridgehead atoms. The van der Waals surface area contributed by atoms with Gasteiger partial charge >= 0.3 is 6.03 Å². The topological polar surface area (TPSA) is 93.8 Å². The van der Waals surface area contributed by atoms with Gasteiger partial charge in [-0.3, -0.25) is 14.5 Å². The SMILES string of the molecule is C[C@@H]1CN(C(=O)c2ccc(NC(=O)NCC3CC3)c(F)c2)CCN1Cc1cccc(C(=O)NC(C)(C)C)c1. The van der Waals surface area contributed by atoms with Crippen LogP contribution in [-0.4, -0.2) is 65.4 Å². The molecule has 2 aromatic carbocycles. The van der Waals surface area contributed by atoms with Gasteiger partial charge in [-0.15, -0.1) is 0 Å². The van der Waals surface area contributed by atoms with Crippen molar-refractivity contribution in [3.63, 3.8) is 0 Å². The van der Waals surface area contributed by atoms with Crippen LogP contribution in [0.3, 0.4) is 0 Å². The molecule has 1 aliphatic heterocycles. The Balaban J connectivity index is 1.31. The molecule has 8 nitrogen and oxygen atoms in total. The summed E-state index contributed by atoms with van der Waals surface area (Å²) in [6, 6.07) is 11.4. The normalized spacial score (nSPS) is 18.1. The van der Waals surface area contributed by atoms with Crippen molar-refractivity contribution >= 4 is 23.5 Å². The van der Waals surface area contributed by atoms with Crippen LogP contribution in [0.5, 0.6) is 0 Å². The van der Waals surface area contributed by atoms with Gasteiger partial charge in [0.15, 0.2) is 0 Å². The van der Waals surface area contributed by atoms with Gasteiger partial charge in [-0.25, -0.2) is 9.18 Å². The number of piperazine rings is 1. The number of nitrogens with zero attached hydrogens (tertiary/aromatic N) is 2. The first-order valence-electron chi connectivity index (χ1n) is 13.3. The van der Waals surface area contributed by atoms with E-state index in [1.807, 2.05) is 45.0 Å². The number of halogens is 1. The summed E-state index contributed by atoms with van der Waals surface area (Å²) in [5, 5.41) is 8.24. The molecular weight excluding hydrogens is 485 g/mol. The van der Waals surface area contributed by atoms with Crippen molar-refractivity contribution in [1.29, 1.82) is 0 Å². The summed E-state index contributed by atoms with van der Waals surface area (Å²) in [6.45, 7) is 10.8. The minimum Gasteiger partial charge on any atom is -0.347 e. The molecule has 204 valence electrons. The van der Waals surface area contributed by atoms with E-state index in [9.17, 15) is 18.8 Å². The molecule has 1 aliphatic carbocycles. The maximum absolute atomic E-state index is 14.7. The molecule has 9 heteroatoms.